The van der Waals surface area contributed by atoms with Crippen LogP contribution in [0.1, 0.15) is 35.7 Å². The zero-order valence-corrected chi connectivity index (χ0v) is 11.1. The molecule has 0 bridgehead atoms. The standard InChI is InChI=1S/C16H19NO/c1-4-5-6-9-17-11-15(13(3)18)14-8-7-12(2)10-16(14)17/h4,7-8,10-11H,1,5-6,9H2,2-3H3. The third-order valence-corrected chi connectivity index (χ3v) is 3.22. The Hall–Kier alpha value is -1.83. The van der Waals surface area contributed by atoms with E-state index in [1.54, 1.807) is 6.92 Å². The first-order chi connectivity index (χ1) is 8.63. The maximum atomic E-state index is 11.7. The Labute approximate surface area is 108 Å². The van der Waals surface area contributed by atoms with E-state index in [0.29, 0.717) is 0 Å². The van der Waals surface area contributed by atoms with Crippen LogP contribution in [0.25, 0.3) is 10.9 Å². The van der Waals surface area contributed by atoms with Gasteiger partial charge in [-0.2, -0.15) is 0 Å². The van der Waals surface area contributed by atoms with Crippen molar-refractivity contribution in [1.82, 2.24) is 4.57 Å². The zero-order chi connectivity index (χ0) is 13.1. The summed E-state index contributed by atoms with van der Waals surface area (Å²) < 4.78 is 2.18. The Bertz CT molecular complexity index is 592. The van der Waals surface area contributed by atoms with E-state index in [9.17, 15) is 4.79 Å². The lowest BCUT2D eigenvalue weighted by atomic mass is 10.1. The fourth-order valence-corrected chi connectivity index (χ4v) is 2.27. The molecule has 0 aliphatic rings. The molecular weight excluding hydrogens is 222 g/mol. The number of benzene rings is 1. The Morgan fingerprint density at radius 2 is 2.22 bits per heavy atom. The Morgan fingerprint density at radius 1 is 1.44 bits per heavy atom. The average Bonchev–Trinajstić information content (AvgIpc) is 2.68. The van der Waals surface area contributed by atoms with Crippen LogP contribution < -0.4 is 0 Å². The number of Topliss-reactive ketones (excluding diaryl/α,β-unsaturated/α-hetero) is 1. The summed E-state index contributed by atoms with van der Waals surface area (Å²) in [4.78, 5) is 11.7. The highest BCUT2D eigenvalue weighted by Crippen LogP contribution is 2.23. The lowest BCUT2D eigenvalue weighted by Gasteiger charge is -2.04. The van der Waals surface area contributed by atoms with E-state index in [1.807, 2.05) is 18.3 Å². The molecule has 0 N–H and O–H groups in total. The molecule has 1 aromatic heterocycles. The zero-order valence-electron chi connectivity index (χ0n) is 11.1. The lowest BCUT2D eigenvalue weighted by molar-refractivity contribution is 0.101. The summed E-state index contributed by atoms with van der Waals surface area (Å²) >= 11 is 0. The van der Waals surface area contributed by atoms with Crippen molar-refractivity contribution in [2.45, 2.75) is 33.2 Å². The number of carbonyl (C=O) groups excluding carboxylic acids is 1. The summed E-state index contributed by atoms with van der Waals surface area (Å²) in [6.45, 7) is 8.37. The van der Waals surface area contributed by atoms with Gasteiger partial charge in [0.25, 0.3) is 0 Å². The molecule has 94 valence electrons. The van der Waals surface area contributed by atoms with Gasteiger partial charge < -0.3 is 4.57 Å². The first kappa shape index (κ1) is 12.6. The van der Waals surface area contributed by atoms with E-state index in [4.69, 9.17) is 0 Å². The van der Waals surface area contributed by atoms with Crippen molar-refractivity contribution in [3.63, 3.8) is 0 Å². The highest BCUT2D eigenvalue weighted by atomic mass is 16.1. The van der Waals surface area contributed by atoms with Crippen molar-refractivity contribution in [2.24, 2.45) is 0 Å². The summed E-state index contributed by atoms with van der Waals surface area (Å²) in [6.07, 6.45) is 5.97. The number of hydrogen-bond acceptors (Lipinski definition) is 1. The molecule has 0 fully saturated rings. The van der Waals surface area contributed by atoms with Crippen LogP contribution in [0.4, 0.5) is 0 Å². The van der Waals surface area contributed by atoms with Crippen molar-refractivity contribution in [3.05, 3.63) is 48.2 Å². The number of unbranched alkanes of at least 4 members (excludes halogenated alkanes) is 1. The molecule has 2 aromatic rings. The van der Waals surface area contributed by atoms with E-state index in [0.717, 1.165) is 35.9 Å². The molecule has 0 aliphatic heterocycles. The van der Waals surface area contributed by atoms with E-state index < -0.39 is 0 Å². The van der Waals surface area contributed by atoms with Crippen molar-refractivity contribution < 1.29 is 4.79 Å². The molecule has 0 amide bonds. The molecule has 0 spiro atoms. The minimum Gasteiger partial charge on any atom is -0.347 e. The number of hydrogen-bond donors (Lipinski definition) is 0. The number of fused-ring (bicyclic) bond motifs is 1. The molecule has 0 aliphatic carbocycles. The molecule has 2 nitrogen and oxygen atoms in total. The molecule has 1 heterocycles. The van der Waals surface area contributed by atoms with Gasteiger partial charge in [-0.25, -0.2) is 0 Å². The number of ketones is 1. The number of allylic oxidation sites excluding steroid dienone is 1. The van der Waals surface area contributed by atoms with Crippen molar-refractivity contribution in [1.29, 1.82) is 0 Å². The van der Waals surface area contributed by atoms with Crippen LogP contribution in [-0.4, -0.2) is 10.4 Å². The second-order valence-electron chi connectivity index (χ2n) is 4.74. The highest BCUT2D eigenvalue weighted by Gasteiger charge is 2.11. The number of rotatable bonds is 5. The average molecular weight is 241 g/mol. The van der Waals surface area contributed by atoms with Crippen LogP contribution in [0.2, 0.25) is 0 Å². The number of aryl methyl sites for hydroxylation is 2. The van der Waals surface area contributed by atoms with E-state index in [-0.39, 0.29) is 5.78 Å². The second-order valence-corrected chi connectivity index (χ2v) is 4.74. The Balaban J connectivity index is 2.47. The van der Waals surface area contributed by atoms with Crippen LogP contribution in [0.15, 0.2) is 37.1 Å². The van der Waals surface area contributed by atoms with Gasteiger partial charge in [0.2, 0.25) is 0 Å². The van der Waals surface area contributed by atoms with Gasteiger partial charge in [-0.1, -0.05) is 18.2 Å². The summed E-state index contributed by atoms with van der Waals surface area (Å²) in [6, 6.07) is 6.25. The third-order valence-electron chi connectivity index (χ3n) is 3.22. The van der Waals surface area contributed by atoms with Gasteiger partial charge in [-0.05, 0) is 38.3 Å². The Kier molecular flexibility index (Phi) is 3.66. The second kappa shape index (κ2) is 5.21. The van der Waals surface area contributed by atoms with Crippen molar-refractivity contribution >= 4 is 16.7 Å². The molecule has 0 saturated heterocycles. The molecule has 2 heteroatoms. The van der Waals surface area contributed by atoms with Gasteiger partial charge in [0.15, 0.2) is 5.78 Å². The smallest absolute Gasteiger partial charge is 0.161 e. The predicted molar refractivity (Wildman–Crippen MR) is 76.1 cm³/mol. The van der Waals surface area contributed by atoms with Crippen LogP contribution in [0.5, 0.6) is 0 Å². The van der Waals surface area contributed by atoms with Gasteiger partial charge in [-0.15, -0.1) is 6.58 Å². The minimum atomic E-state index is 0.131. The maximum absolute atomic E-state index is 11.7. The first-order valence-electron chi connectivity index (χ1n) is 6.35. The molecule has 0 atom stereocenters. The number of nitrogens with zero attached hydrogens (tertiary/aromatic N) is 1. The number of aromatic nitrogens is 1. The van der Waals surface area contributed by atoms with Gasteiger partial charge in [0, 0.05) is 29.2 Å². The minimum absolute atomic E-state index is 0.131. The van der Waals surface area contributed by atoms with Crippen LogP contribution in [-0.2, 0) is 6.54 Å². The first-order valence-corrected chi connectivity index (χ1v) is 6.35. The molecule has 0 radical (unpaired) electrons. The van der Waals surface area contributed by atoms with Crippen molar-refractivity contribution in [2.75, 3.05) is 0 Å². The quantitative estimate of drug-likeness (QED) is 0.438. The van der Waals surface area contributed by atoms with Crippen LogP contribution in [0.3, 0.4) is 0 Å². The van der Waals surface area contributed by atoms with E-state index >= 15 is 0 Å². The summed E-state index contributed by atoms with van der Waals surface area (Å²) in [5.74, 6) is 0.131. The van der Waals surface area contributed by atoms with Gasteiger partial charge >= 0.3 is 0 Å². The van der Waals surface area contributed by atoms with Crippen LogP contribution >= 0.6 is 0 Å². The molecule has 2 rings (SSSR count). The van der Waals surface area contributed by atoms with Crippen LogP contribution in [0, 0.1) is 6.92 Å². The molecule has 0 saturated carbocycles. The fraction of sp³-hybridized carbons (Fsp3) is 0.312. The molecular formula is C16H19NO. The molecule has 1 aromatic carbocycles. The van der Waals surface area contributed by atoms with Gasteiger partial charge in [0.05, 0.1) is 0 Å². The largest absolute Gasteiger partial charge is 0.347 e. The third kappa shape index (κ3) is 2.37. The van der Waals surface area contributed by atoms with E-state index in [1.165, 1.54) is 5.56 Å². The normalized spacial score (nSPS) is 10.8. The summed E-state index contributed by atoms with van der Waals surface area (Å²) in [7, 11) is 0. The lowest BCUT2D eigenvalue weighted by Crippen LogP contribution is -1.96. The Morgan fingerprint density at radius 3 is 2.89 bits per heavy atom. The van der Waals surface area contributed by atoms with E-state index in [2.05, 4.69) is 30.2 Å². The topological polar surface area (TPSA) is 22.0 Å². The predicted octanol–water partition coefficient (Wildman–Crippen LogP) is 4.12. The summed E-state index contributed by atoms with van der Waals surface area (Å²) in [5, 5.41) is 1.06. The molecule has 0 unspecified atom stereocenters. The van der Waals surface area contributed by atoms with Gasteiger partial charge in [-0.3, -0.25) is 4.79 Å². The van der Waals surface area contributed by atoms with Gasteiger partial charge in [0.1, 0.15) is 0 Å². The summed E-state index contributed by atoms with van der Waals surface area (Å²) in [5.41, 5.74) is 3.20. The SMILES string of the molecule is C=CCCCn1cc(C(C)=O)c2ccc(C)cc21. The number of carbonyl (C=O) groups is 1. The highest BCUT2D eigenvalue weighted by molar-refractivity contribution is 6.07. The molecule has 18 heavy (non-hydrogen) atoms. The monoisotopic (exact) mass is 241 g/mol. The van der Waals surface area contributed by atoms with Crippen molar-refractivity contribution in [3.8, 4) is 0 Å². The fourth-order valence-electron chi connectivity index (χ4n) is 2.27. The maximum Gasteiger partial charge on any atom is 0.161 e.